The summed E-state index contributed by atoms with van der Waals surface area (Å²) in [6, 6.07) is 8.14. The minimum atomic E-state index is 0.0280. The second-order valence-electron chi connectivity index (χ2n) is 3.33. The van der Waals surface area contributed by atoms with Crippen LogP contribution in [-0.2, 0) is 6.42 Å². The summed E-state index contributed by atoms with van der Waals surface area (Å²) in [6.07, 6.45) is 0.732. The summed E-state index contributed by atoms with van der Waals surface area (Å²) in [5.74, 6) is 0.0280. The van der Waals surface area contributed by atoms with E-state index in [0.717, 1.165) is 22.6 Å². The predicted octanol–water partition coefficient (Wildman–Crippen LogP) is 3.35. The third-order valence-electron chi connectivity index (χ3n) is 1.96. The summed E-state index contributed by atoms with van der Waals surface area (Å²) in [6.45, 7) is 3.90. The maximum Gasteiger partial charge on any atom is 0.0656 e. The summed E-state index contributed by atoms with van der Waals surface area (Å²) in [7, 11) is 0. The van der Waals surface area contributed by atoms with Crippen molar-refractivity contribution >= 4 is 11.6 Å². The smallest absolute Gasteiger partial charge is 0.0656 e. The van der Waals surface area contributed by atoms with Crippen molar-refractivity contribution in [3.63, 3.8) is 0 Å². The molecule has 68 valence electrons. The number of hydrogen-bond donors (Lipinski definition) is 0. The zero-order valence-electron chi connectivity index (χ0n) is 7.84. The van der Waals surface area contributed by atoms with E-state index in [4.69, 9.17) is 16.9 Å². The number of aryl methyl sites for hydroxylation is 1. The van der Waals surface area contributed by atoms with Crippen LogP contribution in [0.3, 0.4) is 0 Å². The molecule has 0 saturated carbocycles. The minimum absolute atomic E-state index is 0.0280. The van der Waals surface area contributed by atoms with Gasteiger partial charge in [-0.25, -0.2) is 0 Å². The van der Waals surface area contributed by atoms with E-state index in [1.807, 2.05) is 32.0 Å². The van der Waals surface area contributed by atoms with Gasteiger partial charge in [0.25, 0.3) is 0 Å². The fourth-order valence-corrected chi connectivity index (χ4v) is 1.51. The highest BCUT2D eigenvalue weighted by atomic mass is 35.5. The lowest BCUT2D eigenvalue weighted by molar-refractivity contribution is 0.739. The van der Waals surface area contributed by atoms with Crippen molar-refractivity contribution in [3.05, 3.63) is 34.3 Å². The van der Waals surface area contributed by atoms with E-state index in [1.54, 1.807) is 0 Å². The van der Waals surface area contributed by atoms with Crippen LogP contribution in [0.25, 0.3) is 0 Å². The highest BCUT2D eigenvalue weighted by Gasteiger charge is 2.05. The maximum absolute atomic E-state index is 8.65. The summed E-state index contributed by atoms with van der Waals surface area (Å²) in [5.41, 5.74) is 2.21. The Balaban J connectivity index is 2.85. The maximum atomic E-state index is 8.65. The second kappa shape index (κ2) is 4.30. The standard InChI is InChI=1S/C11H12ClN/c1-8-3-4-10(11(12)6-8)5-9(2)7-13/h3-4,6,9H,5H2,1-2H3. The van der Waals surface area contributed by atoms with Crippen LogP contribution in [0.2, 0.25) is 5.02 Å². The van der Waals surface area contributed by atoms with E-state index in [1.165, 1.54) is 0 Å². The molecule has 1 unspecified atom stereocenters. The highest BCUT2D eigenvalue weighted by molar-refractivity contribution is 6.31. The lowest BCUT2D eigenvalue weighted by Crippen LogP contribution is -1.96. The largest absolute Gasteiger partial charge is 0.198 e. The highest BCUT2D eigenvalue weighted by Crippen LogP contribution is 2.20. The van der Waals surface area contributed by atoms with Crippen LogP contribution in [0.4, 0.5) is 0 Å². The van der Waals surface area contributed by atoms with E-state index in [2.05, 4.69) is 6.07 Å². The number of hydrogen-bond acceptors (Lipinski definition) is 1. The predicted molar refractivity (Wildman–Crippen MR) is 54.7 cm³/mol. The van der Waals surface area contributed by atoms with Gasteiger partial charge in [0.05, 0.1) is 6.07 Å². The Hall–Kier alpha value is -1.00. The first-order valence-electron chi connectivity index (χ1n) is 4.28. The number of rotatable bonds is 2. The Morgan fingerprint density at radius 3 is 2.77 bits per heavy atom. The number of benzene rings is 1. The van der Waals surface area contributed by atoms with E-state index in [0.29, 0.717) is 0 Å². The van der Waals surface area contributed by atoms with Crippen LogP contribution in [0.15, 0.2) is 18.2 Å². The van der Waals surface area contributed by atoms with Crippen LogP contribution in [-0.4, -0.2) is 0 Å². The first kappa shape index (κ1) is 10.1. The summed E-state index contributed by atoms with van der Waals surface area (Å²) >= 11 is 6.02. The van der Waals surface area contributed by atoms with Gasteiger partial charge in [0.1, 0.15) is 0 Å². The topological polar surface area (TPSA) is 23.8 Å². The molecule has 1 aromatic carbocycles. The average Bonchev–Trinajstić information content (AvgIpc) is 2.09. The molecular weight excluding hydrogens is 182 g/mol. The van der Waals surface area contributed by atoms with E-state index in [9.17, 15) is 0 Å². The lowest BCUT2D eigenvalue weighted by atomic mass is 10.0. The van der Waals surface area contributed by atoms with E-state index < -0.39 is 0 Å². The van der Waals surface area contributed by atoms with Crippen LogP contribution < -0.4 is 0 Å². The third-order valence-corrected chi connectivity index (χ3v) is 2.31. The molecule has 0 aromatic heterocycles. The van der Waals surface area contributed by atoms with Crippen molar-refractivity contribution in [2.24, 2.45) is 5.92 Å². The van der Waals surface area contributed by atoms with Crippen LogP contribution in [0, 0.1) is 24.2 Å². The Morgan fingerprint density at radius 2 is 2.23 bits per heavy atom. The van der Waals surface area contributed by atoms with Gasteiger partial charge >= 0.3 is 0 Å². The molecule has 0 aliphatic rings. The Kier molecular flexibility index (Phi) is 3.33. The molecule has 0 radical (unpaired) electrons. The summed E-state index contributed by atoms with van der Waals surface area (Å²) < 4.78 is 0. The molecule has 0 N–H and O–H groups in total. The molecule has 1 nitrogen and oxygen atoms in total. The molecule has 0 bridgehead atoms. The van der Waals surface area contributed by atoms with Gasteiger partial charge in [-0.3, -0.25) is 0 Å². The zero-order chi connectivity index (χ0) is 9.84. The Labute approximate surface area is 84.0 Å². The Bertz CT molecular complexity index is 338. The molecule has 1 rings (SSSR count). The van der Waals surface area contributed by atoms with Gasteiger partial charge in [0, 0.05) is 10.9 Å². The molecule has 13 heavy (non-hydrogen) atoms. The van der Waals surface area contributed by atoms with Crippen molar-refractivity contribution in [1.82, 2.24) is 0 Å². The van der Waals surface area contributed by atoms with Crippen LogP contribution in [0.5, 0.6) is 0 Å². The SMILES string of the molecule is Cc1ccc(CC(C)C#N)c(Cl)c1. The lowest BCUT2D eigenvalue weighted by Gasteiger charge is -2.05. The number of halogens is 1. The molecule has 0 heterocycles. The van der Waals surface area contributed by atoms with Crippen molar-refractivity contribution in [3.8, 4) is 6.07 Å². The first-order chi connectivity index (χ1) is 6.13. The molecule has 1 aromatic rings. The monoisotopic (exact) mass is 193 g/mol. The van der Waals surface area contributed by atoms with Gasteiger partial charge in [0.15, 0.2) is 0 Å². The normalized spacial score (nSPS) is 12.2. The number of nitriles is 1. The first-order valence-corrected chi connectivity index (χ1v) is 4.66. The minimum Gasteiger partial charge on any atom is -0.198 e. The van der Waals surface area contributed by atoms with Crippen molar-refractivity contribution in [1.29, 1.82) is 5.26 Å². The third kappa shape index (κ3) is 2.75. The molecule has 0 saturated heterocycles. The van der Waals surface area contributed by atoms with Crippen LogP contribution >= 0.6 is 11.6 Å². The van der Waals surface area contributed by atoms with Crippen molar-refractivity contribution < 1.29 is 0 Å². The Morgan fingerprint density at radius 1 is 1.54 bits per heavy atom. The molecule has 2 heteroatoms. The molecular formula is C11H12ClN. The van der Waals surface area contributed by atoms with Gasteiger partial charge in [0.2, 0.25) is 0 Å². The number of nitrogens with zero attached hydrogens (tertiary/aromatic N) is 1. The molecule has 0 spiro atoms. The van der Waals surface area contributed by atoms with E-state index in [-0.39, 0.29) is 5.92 Å². The fraction of sp³-hybridized carbons (Fsp3) is 0.364. The fourth-order valence-electron chi connectivity index (χ4n) is 1.19. The molecule has 0 aliphatic heterocycles. The summed E-state index contributed by atoms with van der Waals surface area (Å²) in [5, 5.41) is 9.41. The molecule has 0 fully saturated rings. The zero-order valence-corrected chi connectivity index (χ0v) is 8.60. The van der Waals surface area contributed by atoms with Gasteiger partial charge in [-0.2, -0.15) is 5.26 Å². The van der Waals surface area contributed by atoms with Crippen LogP contribution in [0.1, 0.15) is 18.1 Å². The average molecular weight is 194 g/mol. The van der Waals surface area contributed by atoms with Gasteiger partial charge in [-0.15, -0.1) is 0 Å². The summed E-state index contributed by atoms with van der Waals surface area (Å²) in [4.78, 5) is 0. The molecule has 0 amide bonds. The molecule has 1 atom stereocenters. The van der Waals surface area contributed by atoms with Gasteiger partial charge < -0.3 is 0 Å². The van der Waals surface area contributed by atoms with Crippen molar-refractivity contribution in [2.45, 2.75) is 20.3 Å². The van der Waals surface area contributed by atoms with Crippen molar-refractivity contribution in [2.75, 3.05) is 0 Å². The van der Waals surface area contributed by atoms with Gasteiger partial charge in [-0.05, 0) is 37.5 Å². The quantitative estimate of drug-likeness (QED) is 0.707. The van der Waals surface area contributed by atoms with Gasteiger partial charge in [-0.1, -0.05) is 23.7 Å². The van der Waals surface area contributed by atoms with E-state index >= 15 is 0 Å². The molecule has 0 aliphatic carbocycles. The second-order valence-corrected chi connectivity index (χ2v) is 3.74.